The molecule has 16 heteroatoms. The first-order valence-corrected chi connectivity index (χ1v) is 32.5. The summed E-state index contributed by atoms with van der Waals surface area (Å²) in [7, 11) is 1.63. The van der Waals surface area contributed by atoms with E-state index in [0.717, 1.165) is 57.8 Å². The molecule has 13 nitrogen and oxygen atoms in total. The highest BCUT2D eigenvalue weighted by molar-refractivity contribution is 6.31. The Morgan fingerprint density at radius 3 is 1.79 bits per heavy atom. The molecule has 4 aliphatic heterocycles. The minimum atomic E-state index is -0.896. The third kappa shape index (κ3) is 13.9. The summed E-state index contributed by atoms with van der Waals surface area (Å²) in [5.41, 5.74) is 6.31. The molecule has 5 atom stereocenters. The van der Waals surface area contributed by atoms with E-state index in [2.05, 4.69) is 110 Å². The van der Waals surface area contributed by atoms with Crippen molar-refractivity contribution in [3.05, 3.63) is 193 Å². The van der Waals surface area contributed by atoms with Crippen LogP contribution in [0.4, 0.5) is 9.59 Å². The van der Waals surface area contributed by atoms with Gasteiger partial charge in [0.1, 0.15) is 40.7 Å². The van der Waals surface area contributed by atoms with Gasteiger partial charge in [-0.2, -0.15) is 0 Å². The van der Waals surface area contributed by atoms with Crippen molar-refractivity contribution in [3.63, 3.8) is 0 Å². The van der Waals surface area contributed by atoms with E-state index in [1.807, 2.05) is 145 Å². The van der Waals surface area contributed by atoms with Gasteiger partial charge in [-0.15, -0.1) is 0 Å². The molecule has 4 heterocycles. The van der Waals surface area contributed by atoms with Crippen molar-refractivity contribution in [1.82, 2.24) is 29.4 Å². The number of nitrogens with zero attached hydrogens (tertiary/aromatic N) is 7. The molecule has 0 aromatic heterocycles. The van der Waals surface area contributed by atoms with Gasteiger partial charge in [-0.05, 0) is 176 Å². The predicted octanol–water partition coefficient (Wildman–Crippen LogP) is 16.5. The number of hydrogen-bond acceptors (Lipinski definition) is 8. The summed E-state index contributed by atoms with van der Waals surface area (Å²) in [6.07, 6.45) is 0.554. The predicted molar refractivity (Wildman–Crippen MR) is 360 cm³/mol. The molecule has 3 saturated heterocycles. The Morgan fingerprint density at radius 2 is 1.25 bits per heavy atom. The molecule has 0 N–H and O–H groups in total. The molecule has 0 aliphatic carbocycles. The number of carbonyl (C=O) groups is 3. The van der Waals surface area contributed by atoms with Crippen molar-refractivity contribution in [2.75, 3.05) is 59.5 Å². The number of amides is 5. The maximum Gasteiger partial charge on any atom is 0.326 e. The van der Waals surface area contributed by atoms with Gasteiger partial charge >= 0.3 is 12.1 Å². The van der Waals surface area contributed by atoms with Gasteiger partial charge < -0.3 is 33.8 Å². The summed E-state index contributed by atoms with van der Waals surface area (Å²) in [6, 6.07) is 43.3. The molecule has 0 bridgehead atoms. The zero-order chi connectivity index (χ0) is 64.5. The Hall–Kier alpha value is -6.77. The second-order valence-electron chi connectivity index (χ2n) is 26.9. The van der Waals surface area contributed by atoms with E-state index in [9.17, 15) is 9.59 Å². The highest BCUT2D eigenvalue weighted by Gasteiger charge is 2.60. The smallest absolute Gasteiger partial charge is 0.326 e. The van der Waals surface area contributed by atoms with Gasteiger partial charge in [0.25, 0.3) is 0 Å². The van der Waals surface area contributed by atoms with Gasteiger partial charge in [-0.25, -0.2) is 9.59 Å². The molecule has 1 unspecified atom stereocenters. The van der Waals surface area contributed by atoms with E-state index in [-0.39, 0.29) is 65.6 Å². The number of halogens is 3. The lowest BCUT2D eigenvalue weighted by molar-refractivity contribution is -0.137. The maximum atomic E-state index is 15.2. The first kappa shape index (κ1) is 66.6. The van der Waals surface area contributed by atoms with Gasteiger partial charge in [0.2, 0.25) is 5.91 Å². The number of amidine groups is 1. The molecule has 0 saturated carbocycles. The topological polar surface area (TPSA) is 111 Å². The van der Waals surface area contributed by atoms with Crippen LogP contribution >= 0.6 is 34.8 Å². The van der Waals surface area contributed by atoms with E-state index in [1.165, 1.54) is 5.56 Å². The van der Waals surface area contributed by atoms with Gasteiger partial charge in [0, 0.05) is 83.5 Å². The van der Waals surface area contributed by atoms with Crippen molar-refractivity contribution in [1.29, 1.82) is 0 Å². The zero-order valence-corrected chi connectivity index (χ0v) is 56.9. The molecule has 89 heavy (non-hydrogen) atoms. The minimum absolute atomic E-state index is 0.0388. The van der Waals surface area contributed by atoms with Gasteiger partial charge in [0.05, 0.1) is 37.5 Å². The molecule has 5 amide bonds. The van der Waals surface area contributed by atoms with Crippen LogP contribution in [0.25, 0.3) is 0 Å². The minimum Gasteiger partial charge on any atom is -0.497 e. The van der Waals surface area contributed by atoms with E-state index in [4.69, 9.17) is 54.0 Å². The number of rotatable bonds is 12. The fourth-order valence-corrected chi connectivity index (χ4v) is 13.5. The van der Waals surface area contributed by atoms with Crippen LogP contribution in [0.15, 0.2) is 138 Å². The second kappa shape index (κ2) is 27.0. The summed E-state index contributed by atoms with van der Waals surface area (Å²) in [5, 5.41) is 1.92. The quantitative estimate of drug-likeness (QED) is 0.120. The highest BCUT2D eigenvalue weighted by Crippen LogP contribution is 2.56. The largest absolute Gasteiger partial charge is 0.497 e. The number of hydrogen-bond donors (Lipinski definition) is 0. The van der Waals surface area contributed by atoms with E-state index in [0.29, 0.717) is 71.6 Å². The third-order valence-corrected chi connectivity index (χ3v) is 19.1. The summed E-state index contributed by atoms with van der Waals surface area (Å²) in [6.45, 7) is 34.0. The monoisotopic (exact) mass is 1270 g/mol. The van der Waals surface area contributed by atoms with Gasteiger partial charge in [0.15, 0.2) is 0 Å². The van der Waals surface area contributed by atoms with Crippen molar-refractivity contribution < 1.29 is 28.6 Å². The summed E-state index contributed by atoms with van der Waals surface area (Å²) in [5.74, 6) is 2.59. The maximum absolute atomic E-state index is 15.2. The molecule has 3 fully saturated rings. The van der Waals surface area contributed by atoms with E-state index in [1.54, 1.807) is 12.0 Å². The van der Waals surface area contributed by atoms with Crippen molar-refractivity contribution in [2.24, 2.45) is 4.99 Å². The number of urea groups is 2. The second-order valence-corrected chi connectivity index (χ2v) is 28.2. The van der Waals surface area contributed by atoms with Crippen molar-refractivity contribution in [2.45, 2.75) is 156 Å². The summed E-state index contributed by atoms with van der Waals surface area (Å²) < 4.78 is 18.2. The number of ether oxygens (including phenoxy) is 3. The van der Waals surface area contributed by atoms with Crippen LogP contribution in [0.5, 0.6) is 17.2 Å². The Labute approximate surface area is 543 Å². The van der Waals surface area contributed by atoms with Crippen LogP contribution in [0.1, 0.15) is 159 Å². The van der Waals surface area contributed by atoms with E-state index >= 15 is 4.79 Å². The van der Waals surface area contributed by atoms with Crippen LogP contribution in [0, 0.1) is 6.92 Å². The normalized spacial score (nSPS) is 21.7. The molecule has 6 aromatic rings. The molecule has 6 aromatic carbocycles. The van der Waals surface area contributed by atoms with Crippen LogP contribution in [-0.4, -0.2) is 130 Å². The van der Waals surface area contributed by atoms with Crippen LogP contribution in [0.3, 0.4) is 0 Å². The van der Waals surface area contributed by atoms with Gasteiger partial charge in [-0.1, -0.05) is 128 Å². The first-order chi connectivity index (χ1) is 42.1. The van der Waals surface area contributed by atoms with Crippen LogP contribution in [0.2, 0.25) is 15.1 Å². The number of aryl methyl sites for hydroxylation is 1. The summed E-state index contributed by atoms with van der Waals surface area (Å²) in [4.78, 5) is 60.5. The lowest BCUT2D eigenvalue weighted by Crippen LogP contribution is -2.62. The molecule has 0 spiro atoms. The van der Waals surface area contributed by atoms with E-state index < -0.39 is 11.1 Å². The molecule has 0 radical (unpaired) electrons. The Balaban J connectivity index is 0.000000212. The number of benzene rings is 6. The highest BCUT2D eigenvalue weighted by atomic mass is 35.5. The molecule has 10 rings (SSSR count). The SMILES string of the molecule is CCOc1cc(C(C)(C)C)ccc1C1=N[C@@](C)(c2ccc(C)cc2)[C@@](C)(c2ccc(Cl)cc2)N1C(=O)N1CCN(C(C)(C)C)CC1.COc1ccc(C2C[C@@H](c3ccc(Cl)cc3)[C@@H](c3ccc(Cl)cc3)N2C(=O)N2CCN(C(C)C)C(=O)C2)c(OC(C)C)c1. The van der Waals surface area contributed by atoms with Crippen molar-refractivity contribution in [3.8, 4) is 17.2 Å². The lowest BCUT2D eigenvalue weighted by Gasteiger charge is -2.48. The molecular formula is C73H90Cl3N7O6. The number of methoxy groups -OCH3 is 1. The van der Waals surface area contributed by atoms with Crippen LogP contribution in [-0.2, 0) is 21.3 Å². The van der Waals surface area contributed by atoms with Crippen molar-refractivity contribution >= 4 is 58.6 Å². The Bertz CT molecular complexity index is 3500. The number of likely N-dealkylation sites (tertiary alicyclic amines) is 1. The van der Waals surface area contributed by atoms with Gasteiger partial charge in [-0.3, -0.25) is 19.6 Å². The fourth-order valence-electron chi connectivity index (χ4n) is 13.1. The zero-order valence-electron chi connectivity index (χ0n) is 54.7. The molecule has 474 valence electrons. The standard InChI is InChI=1S/C39H51ClN4O2.C34H39Cl2N3O4/c1-11-46-33-26-30(36(3,4)5)18-21-32(33)34-41-38(9,28-14-12-27(2)13-15-28)39(10,29-16-19-31(40)20-17-29)44(34)35(45)42-22-24-43(25-23-42)37(6,7)8;1-21(2)38-17-16-37(20-32(38)40)34(41)39-30(28-15-14-27(42-5)18-31(28)43-22(3)4)19-29(23-6-10-25(35)11-7-23)33(39)24-8-12-26(36)13-9-24/h12-21,26H,11,22-25H2,1-10H3;6-15,18,21-22,29-30,33H,16-17,19-20H2,1-5H3/t38-,39+;29-,30?,33+/m00/s1. The molecular weight excluding hydrogens is 1180 g/mol. The number of carbonyl (C=O) groups excluding carboxylic acids is 3. The summed E-state index contributed by atoms with van der Waals surface area (Å²) >= 11 is 19.0. The lowest BCUT2D eigenvalue weighted by atomic mass is 9.70. The average molecular weight is 1270 g/mol. The Kier molecular flexibility index (Phi) is 20.2. The fraction of sp³-hybridized carbons (Fsp3) is 0.452. The van der Waals surface area contributed by atoms with Crippen LogP contribution < -0.4 is 14.2 Å². The first-order valence-electron chi connectivity index (χ1n) is 31.3. The molecule has 4 aliphatic rings. The number of piperazine rings is 2. The number of aliphatic imine (C=N–C) groups is 1. The average Bonchev–Trinajstić information content (AvgIpc) is 1.57. The Morgan fingerprint density at radius 1 is 0.674 bits per heavy atom. The third-order valence-electron chi connectivity index (χ3n) is 18.4.